The van der Waals surface area contributed by atoms with Crippen LogP contribution in [0.2, 0.25) is 0 Å². The molecule has 0 aliphatic carbocycles. The Kier molecular flexibility index (Phi) is 3.48. The van der Waals surface area contributed by atoms with Gasteiger partial charge >= 0.3 is 0 Å². The summed E-state index contributed by atoms with van der Waals surface area (Å²) in [6.07, 6.45) is 0. The van der Waals surface area contributed by atoms with Gasteiger partial charge in [-0.1, -0.05) is 0 Å². The van der Waals surface area contributed by atoms with Gasteiger partial charge in [0.1, 0.15) is 4.90 Å². The molecule has 0 aromatic carbocycles. The third-order valence-electron chi connectivity index (χ3n) is 3.45. The van der Waals surface area contributed by atoms with Gasteiger partial charge in [0.05, 0.1) is 11.4 Å². The van der Waals surface area contributed by atoms with Crippen LogP contribution in [0, 0.1) is 13.8 Å². The van der Waals surface area contributed by atoms with Crippen LogP contribution in [0.15, 0.2) is 4.90 Å². The molecule has 0 amide bonds. The van der Waals surface area contributed by atoms with Crippen molar-refractivity contribution in [3.63, 3.8) is 0 Å². The van der Waals surface area contributed by atoms with Gasteiger partial charge in [0.25, 0.3) is 0 Å². The lowest BCUT2D eigenvalue weighted by molar-refractivity contribution is 0.283. The van der Waals surface area contributed by atoms with Crippen LogP contribution in [0.25, 0.3) is 0 Å². The molecule has 2 heterocycles. The Morgan fingerprint density at radius 1 is 1.39 bits per heavy atom. The van der Waals surface area contributed by atoms with Gasteiger partial charge in [-0.3, -0.25) is 4.68 Å². The van der Waals surface area contributed by atoms with Crippen LogP contribution < -0.4 is 5.32 Å². The molecular formula is C11H20N4O2S. The highest BCUT2D eigenvalue weighted by atomic mass is 32.2. The highest BCUT2D eigenvalue weighted by Crippen LogP contribution is 2.24. The maximum Gasteiger partial charge on any atom is 0.247 e. The Hall–Kier alpha value is -0.920. The average molecular weight is 272 g/mol. The van der Waals surface area contributed by atoms with Crippen molar-refractivity contribution in [1.29, 1.82) is 0 Å². The van der Waals surface area contributed by atoms with Gasteiger partial charge in [-0.15, -0.1) is 0 Å². The van der Waals surface area contributed by atoms with E-state index in [0.717, 1.165) is 0 Å². The molecular weight excluding hydrogens is 252 g/mol. The summed E-state index contributed by atoms with van der Waals surface area (Å²) in [6, 6.07) is -0.0252. The molecule has 1 saturated heterocycles. The SMILES string of the molecule is Cc1nn(C)c(C)c1S(=O)(=O)N1CCNC[C@@H]1C. The van der Waals surface area contributed by atoms with E-state index in [1.165, 1.54) is 0 Å². The standard InChI is InChI=1S/C11H20N4O2S/c1-8-7-12-5-6-15(8)18(16,17)11-9(2)13-14(4)10(11)3/h8,12H,5-7H2,1-4H3/t8-/m0/s1. The zero-order valence-electron chi connectivity index (χ0n) is 11.3. The molecule has 0 radical (unpaired) electrons. The summed E-state index contributed by atoms with van der Waals surface area (Å²) < 4.78 is 28.6. The molecule has 6 nitrogen and oxygen atoms in total. The maximum atomic E-state index is 12.7. The summed E-state index contributed by atoms with van der Waals surface area (Å²) in [5.41, 5.74) is 1.26. The Bertz CT molecular complexity index is 550. The zero-order chi connectivity index (χ0) is 13.5. The minimum Gasteiger partial charge on any atom is -0.314 e. The van der Waals surface area contributed by atoms with Gasteiger partial charge in [0.2, 0.25) is 10.0 Å². The van der Waals surface area contributed by atoms with Crippen LogP contribution in [0.1, 0.15) is 18.3 Å². The molecule has 0 bridgehead atoms. The van der Waals surface area contributed by atoms with Crippen LogP contribution in [0.4, 0.5) is 0 Å². The minimum atomic E-state index is -3.44. The molecule has 18 heavy (non-hydrogen) atoms. The third-order valence-corrected chi connectivity index (χ3v) is 5.72. The van der Waals surface area contributed by atoms with E-state index in [1.54, 1.807) is 29.9 Å². The van der Waals surface area contributed by atoms with Gasteiger partial charge in [0.15, 0.2) is 0 Å². The largest absolute Gasteiger partial charge is 0.314 e. The number of nitrogens with zero attached hydrogens (tertiary/aromatic N) is 3. The Labute approximate surface area is 108 Å². The Morgan fingerprint density at radius 2 is 2.06 bits per heavy atom. The number of aryl methyl sites for hydroxylation is 2. The lowest BCUT2D eigenvalue weighted by Gasteiger charge is -2.32. The van der Waals surface area contributed by atoms with Crippen molar-refractivity contribution in [1.82, 2.24) is 19.4 Å². The first kappa shape index (κ1) is 13.5. The van der Waals surface area contributed by atoms with Crippen molar-refractivity contribution in [2.24, 2.45) is 7.05 Å². The summed E-state index contributed by atoms with van der Waals surface area (Å²) in [7, 11) is -1.68. The van der Waals surface area contributed by atoms with E-state index in [2.05, 4.69) is 10.4 Å². The molecule has 1 aromatic heterocycles. The number of hydrogen-bond donors (Lipinski definition) is 1. The summed E-state index contributed by atoms with van der Waals surface area (Å²) in [5.74, 6) is 0. The summed E-state index contributed by atoms with van der Waals surface area (Å²) in [4.78, 5) is 0.360. The molecule has 0 spiro atoms. The minimum absolute atomic E-state index is 0.0252. The van der Waals surface area contributed by atoms with Crippen molar-refractivity contribution < 1.29 is 8.42 Å². The van der Waals surface area contributed by atoms with Gasteiger partial charge < -0.3 is 5.32 Å². The van der Waals surface area contributed by atoms with E-state index in [4.69, 9.17) is 0 Å². The fourth-order valence-corrected chi connectivity index (χ4v) is 4.46. The first-order chi connectivity index (χ1) is 8.35. The van der Waals surface area contributed by atoms with E-state index >= 15 is 0 Å². The number of piperazine rings is 1. The summed E-state index contributed by atoms with van der Waals surface area (Å²) >= 11 is 0. The molecule has 1 aliphatic heterocycles. The third kappa shape index (κ3) is 2.06. The second kappa shape index (κ2) is 4.64. The average Bonchev–Trinajstić information content (AvgIpc) is 2.53. The first-order valence-corrected chi connectivity index (χ1v) is 7.52. The number of nitrogens with one attached hydrogen (secondary N) is 1. The predicted molar refractivity (Wildman–Crippen MR) is 68.9 cm³/mol. The summed E-state index contributed by atoms with van der Waals surface area (Å²) in [6.45, 7) is 7.36. The second-order valence-electron chi connectivity index (χ2n) is 4.79. The molecule has 2 rings (SSSR count). The van der Waals surface area contributed by atoms with Crippen LogP contribution in [0.5, 0.6) is 0 Å². The topological polar surface area (TPSA) is 67.2 Å². The molecule has 1 aliphatic rings. The molecule has 1 aromatic rings. The predicted octanol–water partition coefficient (Wildman–Crippen LogP) is 0.0193. The number of sulfonamides is 1. The van der Waals surface area contributed by atoms with Crippen molar-refractivity contribution >= 4 is 10.0 Å². The van der Waals surface area contributed by atoms with E-state index < -0.39 is 10.0 Å². The number of hydrogen-bond acceptors (Lipinski definition) is 4. The highest BCUT2D eigenvalue weighted by molar-refractivity contribution is 7.89. The van der Waals surface area contributed by atoms with Crippen LogP contribution in [0.3, 0.4) is 0 Å². The van der Waals surface area contributed by atoms with E-state index in [-0.39, 0.29) is 6.04 Å². The summed E-state index contributed by atoms with van der Waals surface area (Å²) in [5, 5.41) is 7.39. The first-order valence-electron chi connectivity index (χ1n) is 6.08. The van der Waals surface area contributed by atoms with Gasteiger partial charge in [-0.25, -0.2) is 8.42 Å². The molecule has 7 heteroatoms. The van der Waals surface area contributed by atoms with Crippen molar-refractivity contribution in [2.75, 3.05) is 19.6 Å². The monoisotopic (exact) mass is 272 g/mol. The Balaban J connectivity index is 2.47. The van der Waals surface area contributed by atoms with E-state index in [9.17, 15) is 8.42 Å². The van der Waals surface area contributed by atoms with Crippen molar-refractivity contribution in [3.05, 3.63) is 11.4 Å². The van der Waals surface area contributed by atoms with Crippen LogP contribution in [-0.4, -0.2) is 48.2 Å². The quantitative estimate of drug-likeness (QED) is 0.824. The number of aromatic nitrogens is 2. The van der Waals surface area contributed by atoms with E-state index in [1.807, 2.05) is 6.92 Å². The maximum absolute atomic E-state index is 12.7. The van der Waals surface area contributed by atoms with Crippen LogP contribution >= 0.6 is 0 Å². The van der Waals surface area contributed by atoms with Gasteiger partial charge in [-0.2, -0.15) is 9.40 Å². The zero-order valence-corrected chi connectivity index (χ0v) is 12.1. The smallest absolute Gasteiger partial charge is 0.247 e. The fraction of sp³-hybridized carbons (Fsp3) is 0.727. The molecule has 0 unspecified atom stereocenters. The molecule has 1 atom stereocenters. The molecule has 102 valence electrons. The van der Waals surface area contributed by atoms with Crippen LogP contribution in [-0.2, 0) is 17.1 Å². The number of rotatable bonds is 2. The molecule has 1 fully saturated rings. The molecule has 1 N–H and O–H groups in total. The van der Waals surface area contributed by atoms with Gasteiger partial charge in [-0.05, 0) is 20.8 Å². The van der Waals surface area contributed by atoms with Gasteiger partial charge in [0, 0.05) is 32.7 Å². The van der Waals surface area contributed by atoms with E-state index in [0.29, 0.717) is 35.9 Å². The fourth-order valence-electron chi connectivity index (χ4n) is 2.42. The Morgan fingerprint density at radius 3 is 2.56 bits per heavy atom. The van der Waals surface area contributed by atoms with Crippen molar-refractivity contribution in [3.8, 4) is 0 Å². The van der Waals surface area contributed by atoms with Crippen molar-refractivity contribution in [2.45, 2.75) is 31.7 Å². The lowest BCUT2D eigenvalue weighted by atomic mass is 10.3. The molecule has 0 saturated carbocycles. The highest BCUT2D eigenvalue weighted by Gasteiger charge is 2.34. The second-order valence-corrected chi connectivity index (χ2v) is 6.62. The lowest BCUT2D eigenvalue weighted by Crippen LogP contribution is -2.52. The normalized spacial score (nSPS) is 22.3.